The van der Waals surface area contributed by atoms with Crippen LogP contribution in [0.5, 0.6) is 5.75 Å². The number of thioether (sulfide) groups is 1. The monoisotopic (exact) mass is 527 g/mol. The van der Waals surface area contributed by atoms with Crippen LogP contribution >= 0.6 is 11.8 Å². The number of allylic oxidation sites excluding steroid dienone is 1. The number of hydrogen-bond acceptors (Lipinski definition) is 6. The minimum absolute atomic E-state index is 0.425. The molecule has 0 spiro atoms. The van der Waals surface area contributed by atoms with E-state index in [1.165, 1.54) is 32.1 Å². The van der Waals surface area contributed by atoms with Gasteiger partial charge in [-0.1, -0.05) is 35.8 Å². The molecule has 1 saturated heterocycles. The lowest BCUT2D eigenvalue weighted by Crippen LogP contribution is -2.40. The lowest BCUT2D eigenvalue weighted by atomic mass is 10.1. The van der Waals surface area contributed by atoms with Crippen LogP contribution in [0.25, 0.3) is 5.69 Å². The summed E-state index contributed by atoms with van der Waals surface area (Å²) in [6.07, 6.45) is 16.2. The van der Waals surface area contributed by atoms with Crippen LogP contribution in [0.1, 0.15) is 48.9 Å². The maximum atomic E-state index is 6.24. The van der Waals surface area contributed by atoms with Gasteiger partial charge in [0.25, 0.3) is 0 Å². The number of likely N-dealkylation sites (tertiary alicyclic amines) is 1. The molecule has 1 aromatic carbocycles. The van der Waals surface area contributed by atoms with Gasteiger partial charge in [0, 0.05) is 23.1 Å². The van der Waals surface area contributed by atoms with Crippen molar-refractivity contribution in [3.63, 3.8) is 0 Å². The van der Waals surface area contributed by atoms with Gasteiger partial charge in [0.1, 0.15) is 12.4 Å². The van der Waals surface area contributed by atoms with Gasteiger partial charge in [0.05, 0.1) is 30.3 Å². The Hall–Kier alpha value is -3.05. The van der Waals surface area contributed by atoms with Crippen LogP contribution < -0.4 is 10.1 Å². The summed E-state index contributed by atoms with van der Waals surface area (Å²) in [5, 5.41) is 5.01. The first-order valence-electron chi connectivity index (χ1n) is 13.6. The van der Waals surface area contributed by atoms with Gasteiger partial charge in [-0.2, -0.15) is 0 Å². The molecule has 0 bridgehead atoms. The van der Waals surface area contributed by atoms with E-state index in [4.69, 9.17) is 9.72 Å². The van der Waals surface area contributed by atoms with Gasteiger partial charge >= 0.3 is 0 Å². The van der Waals surface area contributed by atoms with E-state index in [9.17, 15) is 0 Å². The predicted molar refractivity (Wildman–Crippen MR) is 155 cm³/mol. The summed E-state index contributed by atoms with van der Waals surface area (Å²) < 4.78 is 8.41. The SMILES string of the molecule is Cc1cc(OCc2cnc(SC3C=CCCC3)n2-c2cccnc2)ccc1C#CCNC1CCN(C)CC1. The Kier molecular flexibility index (Phi) is 9.19. The Morgan fingerprint density at radius 1 is 1.16 bits per heavy atom. The molecule has 3 aromatic rings. The van der Waals surface area contributed by atoms with E-state index < -0.39 is 0 Å². The number of aryl methyl sites for hydroxylation is 1. The van der Waals surface area contributed by atoms with E-state index in [0.717, 1.165) is 53.0 Å². The van der Waals surface area contributed by atoms with Crippen molar-refractivity contribution in [1.29, 1.82) is 0 Å². The minimum Gasteiger partial charge on any atom is -0.487 e. The number of hydrogen-bond donors (Lipinski definition) is 1. The van der Waals surface area contributed by atoms with Crippen LogP contribution in [0.3, 0.4) is 0 Å². The number of pyridine rings is 1. The number of rotatable bonds is 8. The number of piperidine rings is 1. The lowest BCUT2D eigenvalue weighted by Gasteiger charge is -2.29. The molecule has 3 heterocycles. The van der Waals surface area contributed by atoms with Crippen molar-refractivity contribution in [1.82, 2.24) is 24.8 Å². The van der Waals surface area contributed by atoms with Crippen LogP contribution in [0.15, 0.2) is 66.2 Å². The average molecular weight is 528 g/mol. The number of ether oxygens (including phenoxy) is 1. The summed E-state index contributed by atoms with van der Waals surface area (Å²) in [7, 11) is 2.19. The topological polar surface area (TPSA) is 55.2 Å². The van der Waals surface area contributed by atoms with E-state index in [-0.39, 0.29) is 0 Å². The first kappa shape index (κ1) is 26.6. The van der Waals surface area contributed by atoms with E-state index >= 15 is 0 Å². The highest BCUT2D eigenvalue weighted by molar-refractivity contribution is 7.99. The molecule has 1 fully saturated rings. The highest BCUT2D eigenvalue weighted by atomic mass is 32.2. The first-order chi connectivity index (χ1) is 18.7. The molecular formula is C31H37N5OS. The Morgan fingerprint density at radius 3 is 2.82 bits per heavy atom. The molecule has 1 aliphatic carbocycles. The Labute approximate surface area is 230 Å². The molecule has 2 aliphatic rings. The van der Waals surface area contributed by atoms with Crippen molar-refractivity contribution in [2.75, 3.05) is 26.7 Å². The number of aromatic nitrogens is 3. The smallest absolute Gasteiger partial charge is 0.173 e. The molecule has 5 rings (SSSR count). The summed E-state index contributed by atoms with van der Waals surface area (Å²) in [6.45, 7) is 5.56. The van der Waals surface area contributed by atoms with Crippen LogP contribution in [-0.2, 0) is 6.61 Å². The highest BCUT2D eigenvalue weighted by Crippen LogP contribution is 2.32. The Balaban J connectivity index is 1.22. The zero-order valence-electron chi connectivity index (χ0n) is 22.4. The molecule has 1 N–H and O–H groups in total. The second-order valence-corrected chi connectivity index (χ2v) is 11.3. The van der Waals surface area contributed by atoms with E-state index in [1.54, 1.807) is 6.20 Å². The highest BCUT2D eigenvalue weighted by Gasteiger charge is 2.18. The fourth-order valence-corrected chi connectivity index (χ4v) is 6.09. The lowest BCUT2D eigenvalue weighted by molar-refractivity contribution is 0.238. The maximum Gasteiger partial charge on any atom is 0.173 e. The Bertz CT molecular complexity index is 1280. The molecule has 2 aromatic heterocycles. The molecule has 198 valence electrons. The zero-order valence-corrected chi connectivity index (χ0v) is 23.2. The van der Waals surface area contributed by atoms with Crippen molar-refractivity contribution in [2.45, 2.75) is 62.1 Å². The van der Waals surface area contributed by atoms with Gasteiger partial charge in [-0.15, -0.1) is 0 Å². The van der Waals surface area contributed by atoms with Crippen molar-refractivity contribution in [3.8, 4) is 23.3 Å². The largest absolute Gasteiger partial charge is 0.487 e. The van der Waals surface area contributed by atoms with Crippen LogP contribution in [0.4, 0.5) is 0 Å². The molecule has 0 radical (unpaired) electrons. The van der Waals surface area contributed by atoms with Crippen LogP contribution in [-0.4, -0.2) is 57.4 Å². The van der Waals surface area contributed by atoms with Gasteiger partial charge in [-0.3, -0.25) is 9.55 Å². The van der Waals surface area contributed by atoms with Crippen LogP contribution in [0, 0.1) is 18.8 Å². The standard InChI is InChI=1S/C31H37N5OS/c1-24-20-29(13-12-25(24)8-6-17-33-26-14-18-35(2)19-15-26)37-23-28-22-34-31(38-30-10-4-3-5-11-30)36(28)27-9-7-16-32-21-27/h4,7,9-10,12-13,16,20-22,26,30,33H,3,5,11,14-15,17-19,23H2,1-2H3. The molecule has 1 atom stereocenters. The molecule has 1 aliphatic heterocycles. The summed E-state index contributed by atoms with van der Waals surface area (Å²) in [5.74, 6) is 7.46. The van der Waals surface area contributed by atoms with Crippen molar-refractivity contribution < 1.29 is 4.74 Å². The van der Waals surface area contributed by atoms with Gasteiger partial charge in [0.2, 0.25) is 0 Å². The second-order valence-electron chi connectivity index (χ2n) is 10.1. The summed E-state index contributed by atoms with van der Waals surface area (Å²) in [6, 6.07) is 10.7. The fraction of sp³-hybridized carbons (Fsp3) is 0.419. The minimum atomic E-state index is 0.425. The van der Waals surface area contributed by atoms with Gasteiger partial charge in [0.15, 0.2) is 5.16 Å². The molecule has 7 heteroatoms. The average Bonchev–Trinajstić information content (AvgIpc) is 3.35. The second kappa shape index (κ2) is 13.1. The normalized spacial score (nSPS) is 18.2. The first-order valence-corrected chi connectivity index (χ1v) is 14.5. The van der Waals surface area contributed by atoms with Gasteiger partial charge < -0.3 is 15.0 Å². The van der Waals surface area contributed by atoms with Crippen molar-refractivity contribution >= 4 is 11.8 Å². The molecule has 38 heavy (non-hydrogen) atoms. The maximum absolute atomic E-state index is 6.24. The van der Waals surface area contributed by atoms with E-state index in [1.807, 2.05) is 36.3 Å². The number of nitrogens with one attached hydrogen (secondary N) is 1. The fourth-order valence-electron chi connectivity index (χ4n) is 4.90. The molecule has 1 unspecified atom stereocenters. The molecule has 0 amide bonds. The third-order valence-electron chi connectivity index (χ3n) is 7.18. The summed E-state index contributed by atoms with van der Waals surface area (Å²) in [4.78, 5) is 11.5. The summed E-state index contributed by atoms with van der Waals surface area (Å²) >= 11 is 1.81. The van der Waals surface area contributed by atoms with Gasteiger partial charge in [-0.05, 0) is 95.1 Å². The van der Waals surface area contributed by atoms with Crippen molar-refractivity contribution in [3.05, 3.63) is 77.9 Å². The molecule has 0 saturated carbocycles. The Morgan fingerprint density at radius 2 is 2.05 bits per heavy atom. The number of imidazole rings is 1. The van der Waals surface area contributed by atoms with E-state index in [2.05, 4.69) is 75.9 Å². The molecule has 6 nitrogen and oxygen atoms in total. The third kappa shape index (κ3) is 7.08. The summed E-state index contributed by atoms with van der Waals surface area (Å²) in [5.41, 5.74) is 4.17. The third-order valence-corrected chi connectivity index (χ3v) is 8.37. The van der Waals surface area contributed by atoms with Crippen LogP contribution in [0.2, 0.25) is 0 Å². The van der Waals surface area contributed by atoms with Gasteiger partial charge in [-0.25, -0.2) is 4.98 Å². The van der Waals surface area contributed by atoms with E-state index in [0.29, 0.717) is 17.9 Å². The van der Waals surface area contributed by atoms with Crippen molar-refractivity contribution in [2.24, 2.45) is 0 Å². The quantitative estimate of drug-likeness (QED) is 0.313. The number of nitrogens with zero attached hydrogens (tertiary/aromatic N) is 4. The zero-order chi connectivity index (χ0) is 26.2. The number of benzene rings is 1. The predicted octanol–water partition coefficient (Wildman–Crippen LogP) is 5.39. The molecular weight excluding hydrogens is 490 g/mol.